The quantitative estimate of drug-likeness (QED) is 0.700. The van der Waals surface area contributed by atoms with Crippen LogP contribution in [0.15, 0.2) is 18.2 Å². The smallest absolute Gasteiger partial charge is 0.242 e. The average Bonchev–Trinajstić information content (AvgIpc) is 2.65. The molecule has 0 bridgehead atoms. The maximum atomic E-state index is 13.3. The van der Waals surface area contributed by atoms with Gasteiger partial charge >= 0.3 is 0 Å². The molecule has 7 nitrogen and oxygen atoms in total. The van der Waals surface area contributed by atoms with Gasteiger partial charge in [0.2, 0.25) is 11.8 Å². The highest BCUT2D eigenvalue weighted by molar-refractivity contribution is 5.87. The highest BCUT2D eigenvalue weighted by Crippen LogP contribution is 2.29. The summed E-state index contributed by atoms with van der Waals surface area (Å²) < 4.78 is 18.6. The lowest BCUT2D eigenvalue weighted by Gasteiger charge is -2.36. The average molecular weight is 439 g/mol. The molecule has 1 aliphatic rings. The van der Waals surface area contributed by atoms with Gasteiger partial charge in [0.15, 0.2) is 0 Å². The van der Waals surface area contributed by atoms with Gasteiger partial charge in [-0.15, -0.1) is 24.8 Å². The van der Waals surface area contributed by atoms with Crippen molar-refractivity contribution < 1.29 is 18.7 Å². The van der Waals surface area contributed by atoms with Gasteiger partial charge in [0.1, 0.15) is 11.6 Å². The van der Waals surface area contributed by atoms with Crippen molar-refractivity contribution in [3.05, 3.63) is 24.0 Å². The Morgan fingerprint density at radius 1 is 1.21 bits per heavy atom. The monoisotopic (exact) mass is 438 g/mol. The number of carbonyl (C=O) groups excluding carboxylic acids is 2. The summed E-state index contributed by atoms with van der Waals surface area (Å²) in [5.74, 6) is -0.322. The zero-order valence-electron chi connectivity index (χ0n) is 16.3. The van der Waals surface area contributed by atoms with Gasteiger partial charge in [-0.1, -0.05) is 13.8 Å². The van der Waals surface area contributed by atoms with Gasteiger partial charge in [-0.3, -0.25) is 9.59 Å². The first-order chi connectivity index (χ1) is 12.3. The lowest BCUT2D eigenvalue weighted by molar-refractivity contribution is -0.133. The van der Waals surface area contributed by atoms with E-state index in [0.29, 0.717) is 31.9 Å². The second kappa shape index (κ2) is 11.9. The van der Waals surface area contributed by atoms with Gasteiger partial charge in [-0.05, 0) is 18.1 Å². The molecule has 1 aromatic rings. The number of nitrogens with two attached hydrogens (primary N) is 1. The topological polar surface area (TPSA) is 87.9 Å². The Balaban J connectivity index is 0.00000364. The predicted octanol–water partition coefficient (Wildman–Crippen LogP) is 1.43. The van der Waals surface area contributed by atoms with E-state index in [-0.39, 0.29) is 54.9 Å². The lowest BCUT2D eigenvalue weighted by Crippen LogP contribution is -2.53. The summed E-state index contributed by atoms with van der Waals surface area (Å²) in [5, 5.41) is 2.60. The first kappa shape index (κ1) is 26.2. The summed E-state index contributed by atoms with van der Waals surface area (Å²) in [7, 11) is 1.50. The molecule has 0 spiro atoms. The summed E-state index contributed by atoms with van der Waals surface area (Å²) in [6.07, 6.45) is 0. The fourth-order valence-electron chi connectivity index (χ4n) is 2.80. The highest BCUT2D eigenvalue weighted by Gasteiger charge is 2.24. The lowest BCUT2D eigenvalue weighted by atomic mass is 10.1. The number of ether oxygens (including phenoxy) is 1. The van der Waals surface area contributed by atoms with Crippen LogP contribution in [0.3, 0.4) is 0 Å². The number of benzene rings is 1. The van der Waals surface area contributed by atoms with Crippen LogP contribution in [0.4, 0.5) is 10.1 Å². The van der Waals surface area contributed by atoms with Crippen LogP contribution in [0.1, 0.15) is 13.8 Å². The third kappa shape index (κ3) is 6.68. The molecule has 0 radical (unpaired) electrons. The van der Waals surface area contributed by atoms with Crippen molar-refractivity contribution in [3.8, 4) is 5.75 Å². The first-order valence-corrected chi connectivity index (χ1v) is 8.73. The fraction of sp³-hybridized carbons (Fsp3) is 0.556. The summed E-state index contributed by atoms with van der Waals surface area (Å²) in [4.78, 5) is 27.9. The van der Waals surface area contributed by atoms with Crippen LogP contribution < -0.4 is 20.7 Å². The SMILES string of the molecule is COc1cc(F)ccc1N1CCN(C(=O)CNC(=O)[C@@H](N)C(C)C)CC1.Cl.Cl. The van der Waals surface area contributed by atoms with Gasteiger partial charge in [0.05, 0.1) is 25.4 Å². The number of amides is 2. The normalized spacial score (nSPS) is 14.6. The summed E-state index contributed by atoms with van der Waals surface area (Å²) in [5.41, 5.74) is 6.57. The highest BCUT2D eigenvalue weighted by atomic mass is 35.5. The van der Waals surface area contributed by atoms with Crippen LogP contribution in [0.25, 0.3) is 0 Å². The van der Waals surface area contributed by atoms with E-state index in [0.717, 1.165) is 5.69 Å². The number of halogens is 3. The minimum atomic E-state index is -0.620. The van der Waals surface area contributed by atoms with Crippen LogP contribution in [0.2, 0.25) is 0 Å². The van der Waals surface area contributed by atoms with E-state index in [9.17, 15) is 14.0 Å². The first-order valence-electron chi connectivity index (χ1n) is 8.73. The fourth-order valence-corrected chi connectivity index (χ4v) is 2.80. The number of nitrogens with one attached hydrogen (secondary N) is 1. The zero-order valence-corrected chi connectivity index (χ0v) is 17.9. The Morgan fingerprint density at radius 2 is 1.82 bits per heavy atom. The molecule has 10 heteroatoms. The molecular weight excluding hydrogens is 410 g/mol. The van der Waals surface area contributed by atoms with Crippen molar-refractivity contribution in [2.24, 2.45) is 11.7 Å². The largest absolute Gasteiger partial charge is 0.494 e. The minimum absolute atomic E-state index is 0. The number of anilines is 1. The number of hydrogen-bond acceptors (Lipinski definition) is 5. The second-order valence-electron chi connectivity index (χ2n) is 6.67. The summed E-state index contributed by atoms with van der Waals surface area (Å²) >= 11 is 0. The Morgan fingerprint density at radius 3 is 2.36 bits per heavy atom. The minimum Gasteiger partial charge on any atom is -0.494 e. The van der Waals surface area contributed by atoms with Crippen molar-refractivity contribution in [2.45, 2.75) is 19.9 Å². The number of hydrogen-bond donors (Lipinski definition) is 2. The number of methoxy groups -OCH3 is 1. The third-order valence-corrected chi connectivity index (χ3v) is 4.55. The Bertz CT molecular complexity index is 656. The Kier molecular flexibility index (Phi) is 11.2. The molecule has 2 rings (SSSR count). The van der Waals surface area contributed by atoms with Crippen LogP contribution in [-0.4, -0.2) is 62.6 Å². The molecule has 1 fully saturated rings. The van der Waals surface area contributed by atoms with Crippen LogP contribution >= 0.6 is 24.8 Å². The maximum absolute atomic E-state index is 13.3. The molecule has 160 valence electrons. The van der Waals surface area contributed by atoms with Gasteiger partial charge < -0.3 is 25.6 Å². The standard InChI is InChI=1S/C18H27FN4O3.2ClH/c1-12(2)17(20)18(25)21-11-16(24)23-8-6-22(7-9-23)14-5-4-13(19)10-15(14)26-3;;/h4-5,10,12,17H,6-9,11,20H2,1-3H3,(H,21,25);2*1H/t17-;;/m0../s1. The predicted molar refractivity (Wildman–Crippen MR) is 112 cm³/mol. The van der Waals surface area contributed by atoms with Crippen molar-refractivity contribution in [2.75, 3.05) is 44.7 Å². The second-order valence-corrected chi connectivity index (χ2v) is 6.67. The molecule has 1 heterocycles. The molecule has 0 saturated carbocycles. The van der Waals surface area contributed by atoms with E-state index in [1.54, 1.807) is 11.0 Å². The molecule has 2 amide bonds. The third-order valence-electron chi connectivity index (χ3n) is 4.55. The zero-order chi connectivity index (χ0) is 19.3. The molecule has 1 saturated heterocycles. The van der Waals surface area contributed by atoms with E-state index < -0.39 is 6.04 Å². The van der Waals surface area contributed by atoms with E-state index in [2.05, 4.69) is 10.2 Å². The van der Waals surface area contributed by atoms with Gasteiger partial charge in [-0.2, -0.15) is 0 Å². The van der Waals surface area contributed by atoms with Gasteiger partial charge in [0.25, 0.3) is 0 Å². The number of nitrogens with zero attached hydrogens (tertiary/aromatic N) is 2. The molecule has 3 N–H and O–H groups in total. The van der Waals surface area contributed by atoms with Crippen molar-refractivity contribution in [1.29, 1.82) is 0 Å². The number of piperazine rings is 1. The molecule has 0 aliphatic carbocycles. The van der Waals surface area contributed by atoms with Crippen molar-refractivity contribution in [1.82, 2.24) is 10.2 Å². The van der Waals surface area contributed by atoms with E-state index in [4.69, 9.17) is 10.5 Å². The van der Waals surface area contributed by atoms with Crippen LogP contribution in [0.5, 0.6) is 5.75 Å². The van der Waals surface area contributed by atoms with E-state index in [1.165, 1.54) is 19.2 Å². The molecule has 1 aromatic carbocycles. The molecule has 0 unspecified atom stereocenters. The Labute approximate surface area is 177 Å². The molecule has 1 atom stereocenters. The molecule has 28 heavy (non-hydrogen) atoms. The maximum Gasteiger partial charge on any atom is 0.242 e. The Hall–Kier alpha value is -1.77. The van der Waals surface area contributed by atoms with Crippen LogP contribution in [0, 0.1) is 11.7 Å². The van der Waals surface area contributed by atoms with Gasteiger partial charge in [0, 0.05) is 32.2 Å². The molecular formula is C18H29Cl2FN4O3. The summed E-state index contributed by atoms with van der Waals surface area (Å²) in [6.45, 7) is 5.90. The van der Waals surface area contributed by atoms with Crippen molar-refractivity contribution in [3.63, 3.8) is 0 Å². The molecule has 1 aliphatic heterocycles. The van der Waals surface area contributed by atoms with E-state index in [1.807, 2.05) is 13.8 Å². The number of rotatable bonds is 6. The number of carbonyl (C=O) groups is 2. The van der Waals surface area contributed by atoms with Gasteiger partial charge in [-0.25, -0.2) is 4.39 Å². The van der Waals surface area contributed by atoms with Crippen LogP contribution in [-0.2, 0) is 9.59 Å². The van der Waals surface area contributed by atoms with Crippen molar-refractivity contribution >= 4 is 42.3 Å². The molecule has 0 aromatic heterocycles. The summed E-state index contributed by atoms with van der Waals surface area (Å²) in [6, 6.07) is 3.80. The van der Waals surface area contributed by atoms with E-state index >= 15 is 0 Å².